The molecule has 0 aliphatic rings. The summed E-state index contributed by atoms with van der Waals surface area (Å²) in [5.74, 6) is -0.578. The highest BCUT2D eigenvalue weighted by Crippen LogP contribution is 2.28. The third kappa shape index (κ3) is 2.90. The second kappa shape index (κ2) is 5.80. The van der Waals surface area contributed by atoms with Crippen LogP contribution in [-0.2, 0) is 6.54 Å². The van der Waals surface area contributed by atoms with Crippen LogP contribution < -0.4 is 10.2 Å². The van der Waals surface area contributed by atoms with Crippen molar-refractivity contribution in [2.75, 3.05) is 19.0 Å². The topological polar surface area (TPSA) is 15.3 Å². The molecular formula is C15H16F2N2. The molecule has 0 atom stereocenters. The van der Waals surface area contributed by atoms with E-state index >= 15 is 0 Å². The number of halogens is 2. The van der Waals surface area contributed by atoms with Crippen molar-refractivity contribution in [1.82, 2.24) is 5.32 Å². The summed E-state index contributed by atoms with van der Waals surface area (Å²) in [5.41, 5.74) is 1.97. The predicted octanol–water partition coefficient (Wildman–Crippen LogP) is 3.45. The van der Waals surface area contributed by atoms with Crippen molar-refractivity contribution in [3.05, 3.63) is 59.7 Å². The molecule has 2 rings (SSSR count). The SMILES string of the molecule is CNCc1c(F)cccc1N(C)c1cccc(F)c1. The van der Waals surface area contributed by atoms with Crippen LogP contribution >= 0.6 is 0 Å². The monoisotopic (exact) mass is 262 g/mol. The molecule has 2 nitrogen and oxygen atoms in total. The molecule has 0 aliphatic carbocycles. The lowest BCUT2D eigenvalue weighted by molar-refractivity contribution is 0.601. The molecule has 0 saturated carbocycles. The Morgan fingerprint density at radius 1 is 1.11 bits per heavy atom. The number of nitrogens with one attached hydrogen (secondary N) is 1. The van der Waals surface area contributed by atoms with Gasteiger partial charge in [0.2, 0.25) is 0 Å². The number of benzene rings is 2. The number of hydrogen-bond acceptors (Lipinski definition) is 2. The van der Waals surface area contributed by atoms with Crippen LogP contribution in [0.4, 0.5) is 20.2 Å². The number of nitrogens with zero attached hydrogens (tertiary/aromatic N) is 1. The van der Waals surface area contributed by atoms with E-state index in [1.165, 1.54) is 18.2 Å². The normalized spacial score (nSPS) is 10.5. The van der Waals surface area contributed by atoms with Crippen molar-refractivity contribution in [2.24, 2.45) is 0 Å². The van der Waals surface area contributed by atoms with E-state index in [1.54, 1.807) is 37.2 Å². The maximum atomic E-state index is 13.9. The van der Waals surface area contributed by atoms with Gasteiger partial charge in [0.1, 0.15) is 11.6 Å². The summed E-state index contributed by atoms with van der Waals surface area (Å²) in [4.78, 5) is 1.78. The largest absolute Gasteiger partial charge is 0.344 e. The van der Waals surface area contributed by atoms with Gasteiger partial charge in [-0.2, -0.15) is 0 Å². The van der Waals surface area contributed by atoms with E-state index in [0.717, 1.165) is 5.69 Å². The molecule has 2 aromatic carbocycles. The molecule has 0 fully saturated rings. The first-order valence-corrected chi connectivity index (χ1v) is 6.04. The fraction of sp³-hybridized carbons (Fsp3) is 0.200. The molecule has 2 aromatic rings. The summed E-state index contributed by atoms with van der Waals surface area (Å²) >= 11 is 0. The Balaban J connectivity index is 2.43. The Hall–Kier alpha value is -1.94. The lowest BCUT2D eigenvalue weighted by Gasteiger charge is -2.23. The van der Waals surface area contributed by atoms with Gasteiger partial charge in [0.25, 0.3) is 0 Å². The Morgan fingerprint density at radius 2 is 1.84 bits per heavy atom. The summed E-state index contributed by atoms with van der Waals surface area (Å²) in [6.45, 7) is 0.418. The van der Waals surface area contributed by atoms with Crippen LogP contribution in [0.5, 0.6) is 0 Å². The minimum atomic E-state index is -0.309. The van der Waals surface area contributed by atoms with Gasteiger partial charge in [0.05, 0.1) is 0 Å². The number of rotatable bonds is 4. The number of hydrogen-bond donors (Lipinski definition) is 1. The average Bonchev–Trinajstić information content (AvgIpc) is 2.40. The molecule has 0 spiro atoms. The van der Waals surface area contributed by atoms with Crippen molar-refractivity contribution in [2.45, 2.75) is 6.54 Å². The van der Waals surface area contributed by atoms with Crippen LogP contribution in [-0.4, -0.2) is 14.1 Å². The summed E-state index contributed by atoms with van der Waals surface area (Å²) < 4.78 is 27.1. The molecule has 19 heavy (non-hydrogen) atoms. The lowest BCUT2D eigenvalue weighted by Crippen LogP contribution is -2.16. The van der Waals surface area contributed by atoms with Gasteiger partial charge < -0.3 is 10.2 Å². The zero-order chi connectivity index (χ0) is 13.8. The van der Waals surface area contributed by atoms with Crippen LogP contribution in [0.3, 0.4) is 0 Å². The van der Waals surface area contributed by atoms with Crippen molar-refractivity contribution in [3.8, 4) is 0 Å². The zero-order valence-corrected chi connectivity index (χ0v) is 11.0. The molecule has 0 saturated heterocycles. The minimum absolute atomic E-state index is 0.268. The van der Waals surface area contributed by atoms with Crippen LogP contribution in [0.1, 0.15) is 5.56 Å². The van der Waals surface area contributed by atoms with Crippen molar-refractivity contribution in [1.29, 1.82) is 0 Å². The molecule has 0 aromatic heterocycles. The minimum Gasteiger partial charge on any atom is -0.344 e. The summed E-state index contributed by atoms with van der Waals surface area (Å²) in [5, 5.41) is 2.94. The van der Waals surface area contributed by atoms with E-state index in [9.17, 15) is 8.78 Å². The maximum Gasteiger partial charge on any atom is 0.129 e. The van der Waals surface area contributed by atoms with Gasteiger partial charge in [-0.25, -0.2) is 8.78 Å². The molecule has 0 unspecified atom stereocenters. The van der Waals surface area contributed by atoms with E-state index < -0.39 is 0 Å². The first-order valence-electron chi connectivity index (χ1n) is 6.04. The highest BCUT2D eigenvalue weighted by molar-refractivity contribution is 5.66. The third-order valence-corrected chi connectivity index (χ3v) is 3.00. The molecule has 0 amide bonds. The van der Waals surface area contributed by atoms with Crippen molar-refractivity contribution in [3.63, 3.8) is 0 Å². The van der Waals surface area contributed by atoms with E-state index in [4.69, 9.17) is 0 Å². The predicted molar refractivity (Wildman–Crippen MR) is 73.6 cm³/mol. The fourth-order valence-electron chi connectivity index (χ4n) is 2.04. The first kappa shape index (κ1) is 13.5. The van der Waals surface area contributed by atoms with Gasteiger partial charge in [-0.1, -0.05) is 12.1 Å². The molecule has 0 heterocycles. The van der Waals surface area contributed by atoms with E-state index in [1.807, 2.05) is 6.07 Å². The molecule has 0 radical (unpaired) electrons. The second-order valence-corrected chi connectivity index (χ2v) is 4.31. The van der Waals surface area contributed by atoms with Crippen LogP contribution in [0.2, 0.25) is 0 Å². The Kier molecular flexibility index (Phi) is 4.12. The highest BCUT2D eigenvalue weighted by atomic mass is 19.1. The van der Waals surface area contributed by atoms with Crippen molar-refractivity contribution < 1.29 is 8.78 Å². The summed E-state index contributed by atoms with van der Waals surface area (Å²) in [6.07, 6.45) is 0. The van der Waals surface area contributed by atoms with Crippen LogP contribution in [0.15, 0.2) is 42.5 Å². The fourth-order valence-corrected chi connectivity index (χ4v) is 2.04. The van der Waals surface area contributed by atoms with Crippen molar-refractivity contribution >= 4 is 11.4 Å². The lowest BCUT2D eigenvalue weighted by atomic mass is 10.1. The van der Waals surface area contributed by atoms with Gasteiger partial charge in [0, 0.05) is 30.5 Å². The van der Waals surface area contributed by atoms with Gasteiger partial charge >= 0.3 is 0 Å². The van der Waals surface area contributed by atoms with Crippen LogP contribution in [0.25, 0.3) is 0 Å². The van der Waals surface area contributed by atoms with E-state index in [2.05, 4.69) is 5.32 Å². The smallest absolute Gasteiger partial charge is 0.129 e. The Morgan fingerprint density at radius 3 is 2.53 bits per heavy atom. The number of anilines is 2. The molecule has 0 bridgehead atoms. The third-order valence-electron chi connectivity index (χ3n) is 3.00. The molecular weight excluding hydrogens is 246 g/mol. The summed E-state index contributed by atoms with van der Waals surface area (Å²) in [7, 11) is 3.56. The Labute approximate surface area is 111 Å². The molecule has 0 aliphatic heterocycles. The van der Waals surface area contributed by atoms with E-state index in [-0.39, 0.29) is 11.6 Å². The highest BCUT2D eigenvalue weighted by Gasteiger charge is 2.13. The molecule has 1 N–H and O–H groups in total. The van der Waals surface area contributed by atoms with Crippen LogP contribution in [0, 0.1) is 11.6 Å². The Bertz CT molecular complexity index is 570. The standard InChI is InChI=1S/C15H16F2N2/c1-18-10-13-14(17)7-4-8-15(13)19(2)12-6-3-5-11(16)9-12/h3-9,18H,10H2,1-2H3. The zero-order valence-electron chi connectivity index (χ0n) is 11.0. The molecule has 100 valence electrons. The summed E-state index contributed by atoms with van der Waals surface area (Å²) in [6, 6.07) is 11.1. The maximum absolute atomic E-state index is 13.9. The van der Waals surface area contributed by atoms with Gasteiger partial charge in [-0.15, -0.1) is 0 Å². The van der Waals surface area contributed by atoms with Gasteiger partial charge in [-0.3, -0.25) is 0 Å². The van der Waals surface area contributed by atoms with Gasteiger partial charge in [-0.05, 0) is 37.4 Å². The quantitative estimate of drug-likeness (QED) is 0.907. The first-order chi connectivity index (χ1) is 9.13. The van der Waals surface area contributed by atoms with Gasteiger partial charge in [0.15, 0.2) is 0 Å². The second-order valence-electron chi connectivity index (χ2n) is 4.31. The van der Waals surface area contributed by atoms with E-state index in [0.29, 0.717) is 17.8 Å². The average molecular weight is 262 g/mol. The molecule has 4 heteroatoms.